The first-order valence-corrected chi connectivity index (χ1v) is 5.48. The fourth-order valence-electron chi connectivity index (χ4n) is 1.34. The average Bonchev–Trinajstić information content (AvgIpc) is 2.77. The number of hydrogen-bond donors (Lipinski definition) is 2. The van der Waals surface area contributed by atoms with Gasteiger partial charge in [0, 0.05) is 11.7 Å². The van der Waals surface area contributed by atoms with Gasteiger partial charge in [-0.05, 0) is 19.4 Å². The van der Waals surface area contributed by atoms with Crippen molar-refractivity contribution in [2.24, 2.45) is 0 Å². The highest BCUT2D eigenvalue weighted by molar-refractivity contribution is 5.92. The number of H-pyrrole nitrogens is 1. The third-order valence-corrected chi connectivity index (χ3v) is 2.32. The van der Waals surface area contributed by atoms with E-state index in [1.807, 2.05) is 6.92 Å². The quantitative estimate of drug-likeness (QED) is 0.739. The van der Waals surface area contributed by atoms with Crippen LogP contribution in [0.4, 0.5) is 0 Å². The zero-order valence-corrected chi connectivity index (χ0v) is 10.2. The minimum atomic E-state index is -0.353. The Labute approximate surface area is 99.7 Å². The van der Waals surface area contributed by atoms with E-state index >= 15 is 0 Å². The van der Waals surface area contributed by atoms with Gasteiger partial charge in [0.15, 0.2) is 0 Å². The molecule has 6 heteroatoms. The van der Waals surface area contributed by atoms with Crippen molar-refractivity contribution in [3.8, 4) is 0 Å². The smallest absolute Gasteiger partial charge is 0.307 e. The fraction of sp³-hybridized carbons (Fsp3) is 0.545. The monoisotopic (exact) mass is 239 g/mol. The lowest BCUT2D eigenvalue weighted by molar-refractivity contribution is -0.141. The van der Waals surface area contributed by atoms with E-state index < -0.39 is 0 Å². The van der Waals surface area contributed by atoms with Crippen molar-refractivity contribution < 1.29 is 14.3 Å². The Morgan fingerprint density at radius 3 is 2.82 bits per heavy atom. The third-order valence-electron chi connectivity index (χ3n) is 2.32. The predicted octanol–water partition coefficient (Wildman–Crippen LogP) is 0.653. The molecule has 0 radical (unpaired) electrons. The first-order chi connectivity index (χ1) is 8.06. The van der Waals surface area contributed by atoms with E-state index in [1.165, 1.54) is 7.11 Å². The molecule has 1 rings (SSSR count). The largest absolute Gasteiger partial charge is 0.469 e. The van der Waals surface area contributed by atoms with Gasteiger partial charge in [-0.2, -0.15) is 5.10 Å². The van der Waals surface area contributed by atoms with Gasteiger partial charge >= 0.3 is 5.97 Å². The van der Waals surface area contributed by atoms with Crippen LogP contribution in [-0.2, 0) is 16.0 Å². The van der Waals surface area contributed by atoms with Crippen LogP contribution >= 0.6 is 0 Å². The first-order valence-electron chi connectivity index (χ1n) is 5.48. The van der Waals surface area contributed by atoms with Crippen LogP contribution in [0.3, 0.4) is 0 Å². The summed E-state index contributed by atoms with van der Waals surface area (Å²) in [7, 11) is 1.32. The number of rotatable bonds is 5. The number of carbonyl (C=O) groups is 2. The molecule has 0 saturated carbocycles. The van der Waals surface area contributed by atoms with Crippen molar-refractivity contribution in [3.63, 3.8) is 0 Å². The minimum Gasteiger partial charge on any atom is -0.469 e. The zero-order valence-electron chi connectivity index (χ0n) is 10.2. The lowest BCUT2D eigenvalue weighted by atomic mass is 10.2. The number of ether oxygens (including phenoxy) is 1. The van der Waals surface area contributed by atoms with E-state index in [0.29, 0.717) is 5.69 Å². The Morgan fingerprint density at radius 1 is 1.59 bits per heavy atom. The molecule has 0 saturated heterocycles. The molecule has 1 atom stereocenters. The minimum absolute atomic E-state index is 0.146. The number of carbonyl (C=O) groups excluding carboxylic acids is 2. The van der Waals surface area contributed by atoms with E-state index in [9.17, 15) is 9.59 Å². The molecule has 1 aromatic heterocycles. The van der Waals surface area contributed by atoms with Crippen molar-refractivity contribution in [1.82, 2.24) is 15.5 Å². The molecule has 0 aliphatic rings. The summed E-state index contributed by atoms with van der Waals surface area (Å²) in [4.78, 5) is 22.7. The maximum atomic E-state index is 11.7. The summed E-state index contributed by atoms with van der Waals surface area (Å²) < 4.78 is 4.52. The van der Waals surface area contributed by atoms with Crippen LogP contribution < -0.4 is 5.32 Å². The summed E-state index contributed by atoms with van der Waals surface area (Å²) in [6.45, 7) is 3.71. The van der Waals surface area contributed by atoms with E-state index in [2.05, 4.69) is 20.3 Å². The predicted molar refractivity (Wildman–Crippen MR) is 61.5 cm³/mol. The van der Waals surface area contributed by atoms with Gasteiger partial charge < -0.3 is 10.1 Å². The van der Waals surface area contributed by atoms with Crippen LogP contribution in [0, 0.1) is 0 Å². The van der Waals surface area contributed by atoms with Crippen molar-refractivity contribution in [3.05, 3.63) is 17.5 Å². The molecule has 1 heterocycles. The number of esters is 1. The molecular formula is C11H17N3O3. The van der Waals surface area contributed by atoms with Gasteiger partial charge in [0.2, 0.25) is 0 Å². The van der Waals surface area contributed by atoms with Crippen molar-refractivity contribution in [2.45, 2.75) is 32.7 Å². The van der Waals surface area contributed by atoms with Crippen molar-refractivity contribution in [2.75, 3.05) is 7.11 Å². The van der Waals surface area contributed by atoms with Crippen LogP contribution in [0.1, 0.15) is 36.5 Å². The SMILES string of the molecule is CCc1cc(C(=O)NC(C)CC(=O)OC)n[nH]1. The second-order valence-electron chi connectivity index (χ2n) is 3.79. The molecule has 0 aromatic carbocycles. The maximum Gasteiger partial charge on any atom is 0.307 e. The van der Waals surface area contributed by atoms with Gasteiger partial charge in [-0.3, -0.25) is 14.7 Å². The molecule has 1 aromatic rings. The third kappa shape index (κ3) is 3.90. The van der Waals surface area contributed by atoms with Crippen molar-refractivity contribution in [1.29, 1.82) is 0 Å². The molecule has 17 heavy (non-hydrogen) atoms. The molecule has 2 N–H and O–H groups in total. The van der Waals surface area contributed by atoms with Crippen LogP contribution in [0.15, 0.2) is 6.07 Å². The van der Waals surface area contributed by atoms with E-state index in [-0.39, 0.29) is 24.3 Å². The lowest BCUT2D eigenvalue weighted by Crippen LogP contribution is -2.34. The van der Waals surface area contributed by atoms with Gasteiger partial charge in [-0.25, -0.2) is 0 Å². The van der Waals surface area contributed by atoms with Crippen LogP contribution in [0.25, 0.3) is 0 Å². The van der Waals surface area contributed by atoms with Gasteiger partial charge in [0.1, 0.15) is 5.69 Å². The Hall–Kier alpha value is -1.85. The number of aryl methyl sites for hydroxylation is 1. The molecule has 0 bridgehead atoms. The number of amides is 1. The first kappa shape index (κ1) is 13.2. The van der Waals surface area contributed by atoms with Gasteiger partial charge in [0.05, 0.1) is 13.5 Å². The second kappa shape index (κ2) is 6.03. The molecule has 0 spiro atoms. The Bertz CT molecular complexity index is 400. The topological polar surface area (TPSA) is 84.1 Å². The van der Waals surface area contributed by atoms with E-state index in [1.54, 1.807) is 13.0 Å². The summed E-state index contributed by atoms with van der Waals surface area (Å²) in [6, 6.07) is 1.41. The van der Waals surface area contributed by atoms with Crippen LogP contribution in [0.2, 0.25) is 0 Å². The Balaban J connectivity index is 2.51. The molecule has 1 amide bonds. The van der Waals surface area contributed by atoms with Gasteiger partial charge in [-0.1, -0.05) is 6.92 Å². The highest BCUT2D eigenvalue weighted by Gasteiger charge is 2.15. The average molecular weight is 239 g/mol. The molecule has 6 nitrogen and oxygen atoms in total. The van der Waals surface area contributed by atoms with Crippen LogP contribution in [0.5, 0.6) is 0 Å². The van der Waals surface area contributed by atoms with Gasteiger partial charge in [-0.15, -0.1) is 0 Å². The van der Waals surface area contributed by atoms with Crippen molar-refractivity contribution >= 4 is 11.9 Å². The summed E-state index contributed by atoms with van der Waals surface area (Å²) in [5.41, 5.74) is 1.23. The number of nitrogens with one attached hydrogen (secondary N) is 2. The van der Waals surface area contributed by atoms with Gasteiger partial charge in [0.25, 0.3) is 5.91 Å². The van der Waals surface area contributed by atoms with E-state index in [0.717, 1.165) is 12.1 Å². The molecule has 0 aliphatic heterocycles. The normalized spacial score (nSPS) is 11.9. The highest BCUT2D eigenvalue weighted by atomic mass is 16.5. The molecule has 0 aliphatic carbocycles. The molecule has 1 unspecified atom stereocenters. The summed E-state index contributed by atoms with van der Waals surface area (Å²) in [5, 5.41) is 9.32. The number of aromatic nitrogens is 2. The standard InChI is InChI=1S/C11H17N3O3/c1-4-8-6-9(14-13-8)11(16)12-7(2)5-10(15)17-3/h6-7H,4-5H2,1-3H3,(H,12,16)(H,13,14). The molecule has 94 valence electrons. The fourth-order valence-corrected chi connectivity index (χ4v) is 1.34. The number of methoxy groups -OCH3 is 1. The summed E-state index contributed by atoms with van der Waals surface area (Å²) in [5.74, 6) is -0.647. The number of hydrogen-bond acceptors (Lipinski definition) is 4. The highest BCUT2D eigenvalue weighted by Crippen LogP contribution is 2.01. The second-order valence-corrected chi connectivity index (χ2v) is 3.79. The number of nitrogens with zero attached hydrogens (tertiary/aromatic N) is 1. The Kier molecular flexibility index (Phi) is 4.68. The Morgan fingerprint density at radius 2 is 2.29 bits per heavy atom. The van der Waals surface area contributed by atoms with Crippen LogP contribution in [-0.4, -0.2) is 35.2 Å². The molecular weight excluding hydrogens is 222 g/mol. The summed E-state index contributed by atoms with van der Waals surface area (Å²) >= 11 is 0. The maximum absolute atomic E-state index is 11.7. The summed E-state index contributed by atoms with van der Waals surface area (Å²) in [6.07, 6.45) is 0.936. The van der Waals surface area contributed by atoms with E-state index in [4.69, 9.17) is 0 Å². The molecule has 0 fully saturated rings. The zero-order chi connectivity index (χ0) is 12.8. The number of aromatic amines is 1. The lowest BCUT2D eigenvalue weighted by Gasteiger charge is -2.10.